The standard InChI is InChI=1S/C23H28FN3O4/c1-30-18-11-16(12-19(13-18)31-2)15-27-10-9-26-23(29)21(27)14-22(28)25-8-7-17-5-3-4-6-20(17)24/h3-6,11-13,21H,7-10,14-15H2,1-2H3,(H,25,28)(H,26,29). The van der Waals surface area contributed by atoms with Gasteiger partial charge in [0.1, 0.15) is 17.3 Å². The third-order valence-electron chi connectivity index (χ3n) is 5.29. The molecule has 2 N–H and O–H groups in total. The topological polar surface area (TPSA) is 79.9 Å². The number of amides is 2. The number of methoxy groups -OCH3 is 2. The lowest BCUT2D eigenvalue weighted by Crippen LogP contribution is -2.56. The van der Waals surface area contributed by atoms with Gasteiger partial charge in [0.2, 0.25) is 11.8 Å². The Morgan fingerprint density at radius 1 is 1.19 bits per heavy atom. The molecule has 0 radical (unpaired) electrons. The molecule has 8 heteroatoms. The summed E-state index contributed by atoms with van der Waals surface area (Å²) in [7, 11) is 3.17. The minimum Gasteiger partial charge on any atom is -0.497 e. The zero-order valence-electron chi connectivity index (χ0n) is 17.8. The van der Waals surface area contributed by atoms with E-state index in [4.69, 9.17) is 9.47 Å². The van der Waals surface area contributed by atoms with Crippen LogP contribution in [0.1, 0.15) is 17.5 Å². The van der Waals surface area contributed by atoms with Crippen molar-refractivity contribution in [3.63, 3.8) is 0 Å². The lowest BCUT2D eigenvalue weighted by Gasteiger charge is -2.34. The minimum absolute atomic E-state index is 0.0320. The van der Waals surface area contributed by atoms with Crippen molar-refractivity contribution in [2.45, 2.75) is 25.4 Å². The van der Waals surface area contributed by atoms with E-state index in [2.05, 4.69) is 10.6 Å². The van der Waals surface area contributed by atoms with Crippen LogP contribution in [0.2, 0.25) is 0 Å². The summed E-state index contributed by atoms with van der Waals surface area (Å²) in [5, 5.41) is 5.62. The van der Waals surface area contributed by atoms with Gasteiger partial charge < -0.3 is 20.1 Å². The molecule has 31 heavy (non-hydrogen) atoms. The highest BCUT2D eigenvalue weighted by Crippen LogP contribution is 2.24. The van der Waals surface area contributed by atoms with E-state index < -0.39 is 6.04 Å². The molecule has 166 valence electrons. The molecule has 1 unspecified atom stereocenters. The number of rotatable bonds is 9. The molecule has 2 aromatic rings. The maximum absolute atomic E-state index is 13.7. The first-order valence-corrected chi connectivity index (χ1v) is 10.2. The molecule has 0 saturated carbocycles. The van der Waals surface area contributed by atoms with Crippen LogP contribution in [0.4, 0.5) is 4.39 Å². The summed E-state index contributed by atoms with van der Waals surface area (Å²) < 4.78 is 24.4. The number of halogens is 1. The Bertz CT molecular complexity index is 899. The Kier molecular flexibility index (Phi) is 7.83. The highest BCUT2D eigenvalue weighted by atomic mass is 19.1. The second kappa shape index (κ2) is 10.8. The van der Waals surface area contributed by atoms with Crippen molar-refractivity contribution in [2.75, 3.05) is 33.9 Å². The number of hydrogen-bond acceptors (Lipinski definition) is 5. The maximum atomic E-state index is 13.7. The Balaban J connectivity index is 1.60. The molecule has 0 spiro atoms. The van der Waals surface area contributed by atoms with E-state index >= 15 is 0 Å². The van der Waals surface area contributed by atoms with Crippen LogP contribution in [0.3, 0.4) is 0 Å². The van der Waals surface area contributed by atoms with E-state index in [0.29, 0.717) is 49.7 Å². The van der Waals surface area contributed by atoms with Crippen LogP contribution in [-0.4, -0.2) is 56.6 Å². The third kappa shape index (κ3) is 6.18. The predicted molar refractivity (Wildman–Crippen MR) is 114 cm³/mol. The molecule has 1 atom stereocenters. The number of piperazine rings is 1. The number of ether oxygens (including phenoxy) is 2. The van der Waals surface area contributed by atoms with Crippen LogP contribution >= 0.6 is 0 Å². The van der Waals surface area contributed by atoms with Gasteiger partial charge in [-0.3, -0.25) is 14.5 Å². The van der Waals surface area contributed by atoms with Gasteiger partial charge in [0.05, 0.1) is 26.7 Å². The first-order chi connectivity index (χ1) is 15.0. The Morgan fingerprint density at radius 3 is 2.58 bits per heavy atom. The van der Waals surface area contributed by atoms with Crippen molar-refractivity contribution in [1.29, 1.82) is 0 Å². The van der Waals surface area contributed by atoms with Gasteiger partial charge in [-0.05, 0) is 35.7 Å². The summed E-state index contributed by atoms with van der Waals surface area (Å²) in [6.45, 7) is 1.93. The third-order valence-corrected chi connectivity index (χ3v) is 5.29. The molecule has 7 nitrogen and oxygen atoms in total. The SMILES string of the molecule is COc1cc(CN2CCNC(=O)C2CC(=O)NCCc2ccccc2F)cc(OC)c1. The van der Waals surface area contributed by atoms with E-state index in [-0.39, 0.29) is 24.1 Å². The van der Waals surface area contributed by atoms with Gasteiger partial charge >= 0.3 is 0 Å². The zero-order chi connectivity index (χ0) is 22.2. The molecule has 0 bridgehead atoms. The lowest BCUT2D eigenvalue weighted by atomic mass is 10.1. The molecule has 3 rings (SSSR count). The summed E-state index contributed by atoms with van der Waals surface area (Å²) in [4.78, 5) is 26.9. The first kappa shape index (κ1) is 22.6. The fourth-order valence-electron chi connectivity index (χ4n) is 3.65. The highest BCUT2D eigenvalue weighted by molar-refractivity contribution is 5.88. The molecule has 1 fully saturated rings. The van der Waals surface area contributed by atoms with Gasteiger partial charge in [0.15, 0.2) is 0 Å². The minimum atomic E-state index is -0.584. The van der Waals surface area contributed by atoms with Gasteiger partial charge in [0.25, 0.3) is 0 Å². The maximum Gasteiger partial charge on any atom is 0.237 e. The number of carbonyl (C=O) groups is 2. The molecule has 1 aliphatic heterocycles. The summed E-state index contributed by atoms with van der Waals surface area (Å²) >= 11 is 0. The largest absolute Gasteiger partial charge is 0.497 e. The molecular weight excluding hydrogens is 401 g/mol. The average molecular weight is 429 g/mol. The van der Waals surface area contributed by atoms with Crippen molar-refractivity contribution in [3.05, 3.63) is 59.4 Å². The summed E-state index contributed by atoms with van der Waals surface area (Å²) in [5.74, 6) is 0.622. The fraction of sp³-hybridized carbons (Fsp3) is 0.391. The fourth-order valence-corrected chi connectivity index (χ4v) is 3.65. The van der Waals surface area contributed by atoms with Crippen molar-refractivity contribution in [2.24, 2.45) is 0 Å². The monoisotopic (exact) mass is 429 g/mol. The van der Waals surface area contributed by atoms with Crippen LogP contribution < -0.4 is 20.1 Å². The van der Waals surface area contributed by atoms with E-state index in [1.807, 2.05) is 17.0 Å². The number of nitrogens with one attached hydrogen (secondary N) is 2. The normalized spacial score (nSPS) is 16.5. The van der Waals surface area contributed by atoms with Gasteiger partial charge in [-0.2, -0.15) is 0 Å². The van der Waals surface area contributed by atoms with Crippen molar-refractivity contribution in [3.8, 4) is 11.5 Å². The van der Waals surface area contributed by atoms with Gasteiger partial charge in [-0.25, -0.2) is 4.39 Å². The van der Waals surface area contributed by atoms with Gasteiger partial charge in [-0.15, -0.1) is 0 Å². The van der Waals surface area contributed by atoms with Crippen molar-refractivity contribution >= 4 is 11.8 Å². The van der Waals surface area contributed by atoms with Gasteiger partial charge in [0, 0.05) is 32.2 Å². The van der Waals surface area contributed by atoms with Crippen LogP contribution in [0, 0.1) is 5.82 Å². The lowest BCUT2D eigenvalue weighted by molar-refractivity contribution is -0.134. The second-order valence-electron chi connectivity index (χ2n) is 7.39. The summed E-state index contributed by atoms with van der Waals surface area (Å²) in [5.41, 5.74) is 1.47. The molecule has 1 aliphatic rings. The van der Waals surface area contributed by atoms with Crippen molar-refractivity contribution in [1.82, 2.24) is 15.5 Å². The van der Waals surface area contributed by atoms with E-state index in [1.54, 1.807) is 38.5 Å². The van der Waals surface area contributed by atoms with Crippen molar-refractivity contribution < 1.29 is 23.5 Å². The smallest absolute Gasteiger partial charge is 0.237 e. The molecule has 1 saturated heterocycles. The van der Waals surface area contributed by atoms with Crippen LogP contribution in [-0.2, 0) is 22.6 Å². The van der Waals surface area contributed by atoms with E-state index in [1.165, 1.54) is 6.07 Å². The van der Waals surface area contributed by atoms with E-state index in [0.717, 1.165) is 5.56 Å². The van der Waals surface area contributed by atoms with Crippen LogP contribution in [0.25, 0.3) is 0 Å². The summed E-state index contributed by atoms with van der Waals surface area (Å²) in [6.07, 6.45) is 0.423. The highest BCUT2D eigenvalue weighted by Gasteiger charge is 2.31. The first-order valence-electron chi connectivity index (χ1n) is 10.2. The number of hydrogen-bond donors (Lipinski definition) is 2. The molecule has 2 amide bonds. The Hall–Kier alpha value is -3.13. The molecule has 0 aromatic heterocycles. The molecule has 1 heterocycles. The molecule has 2 aromatic carbocycles. The van der Waals surface area contributed by atoms with Crippen LogP contribution in [0.5, 0.6) is 11.5 Å². The molecule has 0 aliphatic carbocycles. The van der Waals surface area contributed by atoms with Crippen LogP contribution in [0.15, 0.2) is 42.5 Å². The number of nitrogens with zero attached hydrogens (tertiary/aromatic N) is 1. The number of benzene rings is 2. The van der Waals surface area contributed by atoms with Gasteiger partial charge in [-0.1, -0.05) is 18.2 Å². The average Bonchev–Trinajstić information content (AvgIpc) is 2.77. The second-order valence-corrected chi connectivity index (χ2v) is 7.39. The Labute approximate surface area is 181 Å². The summed E-state index contributed by atoms with van der Waals surface area (Å²) in [6, 6.07) is 11.5. The molecular formula is C23H28FN3O4. The quantitative estimate of drug-likeness (QED) is 0.637. The number of carbonyl (C=O) groups excluding carboxylic acids is 2. The van der Waals surface area contributed by atoms with E-state index in [9.17, 15) is 14.0 Å². The Morgan fingerprint density at radius 2 is 1.90 bits per heavy atom. The zero-order valence-corrected chi connectivity index (χ0v) is 17.8. The predicted octanol–water partition coefficient (Wildman–Crippen LogP) is 1.89.